The van der Waals surface area contributed by atoms with Crippen molar-refractivity contribution in [3.63, 3.8) is 0 Å². The molecule has 0 radical (unpaired) electrons. The number of hydrogen-bond acceptors (Lipinski definition) is 7. The second-order valence-corrected chi connectivity index (χ2v) is 8.70. The Labute approximate surface area is 147 Å². The number of esters is 1. The highest BCUT2D eigenvalue weighted by Crippen LogP contribution is 2.58. The van der Waals surface area contributed by atoms with Crippen molar-refractivity contribution >= 4 is 22.0 Å². The van der Waals surface area contributed by atoms with E-state index in [-0.39, 0.29) is 49.5 Å². The molecule has 1 saturated heterocycles. The summed E-state index contributed by atoms with van der Waals surface area (Å²) in [5, 5.41) is 2.15. The van der Waals surface area contributed by atoms with Crippen LogP contribution in [0.15, 0.2) is 12.2 Å². The molecule has 9 heteroatoms. The van der Waals surface area contributed by atoms with Crippen LogP contribution < -0.4 is 5.32 Å². The van der Waals surface area contributed by atoms with Crippen LogP contribution in [0.1, 0.15) is 20.3 Å². The Morgan fingerprint density at radius 2 is 2.04 bits per heavy atom. The molecule has 1 aliphatic heterocycles. The second-order valence-electron chi connectivity index (χ2n) is 6.98. The molecule has 25 heavy (non-hydrogen) atoms. The van der Waals surface area contributed by atoms with Crippen molar-refractivity contribution < 1.29 is 31.7 Å². The molecular weight excluding hydrogens is 350 g/mol. The number of carbonyl (C=O) groups excluding carboxylic acids is 2. The van der Waals surface area contributed by atoms with Crippen LogP contribution in [-0.2, 0) is 33.4 Å². The number of ether oxygens (including phenoxy) is 2. The standard InChI is InChI=1S/C16H23NO7S/c1-8(2)16(19)22-5-4-17-12(18)7-23-13-10-6-11-14(13)24-25(20,21)15(11)9(10)3/h9-11,13-15H,1,4-7H2,2-3H3,(H,17,18). The number of fused-ring (bicyclic) bond motifs is 1. The lowest BCUT2D eigenvalue weighted by atomic mass is 9.86. The van der Waals surface area contributed by atoms with Crippen LogP contribution in [0, 0.1) is 17.8 Å². The van der Waals surface area contributed by atoms with E-state index in [2.05, 4.69) is 11.9 Å². The molecule has 140 valence electrons. The van der Waals surface area contributed by atoms with E-state index >= 15 is 0 Å². The first-order valence-electron chi connectivity index (χ1n) is 8.35. The van der Waals surface area contributed by atoms with E-state index in [4.69, 9.17) is 13.7 Å². The summed E-state index contributed by atoms with van der Waals surface area (Å²) in [6, 6.07) is 0. The number of nitrogens with one attached hydrogen (secondary N) is 1. The van der Waals surface area contributed by atoms with Gasteiger partial charge in [-0.1, -0.05) is 13.5 Å². The maximum Gasteiger partial charge on any atom is 0.333 e. The Hall–Kier alpha value is -1.45. The third-order valence-electron chi connectivity index (χ3n) is 5.32. The minimum Gasteiger partial charge on any atom is -0.460 e. The molecule has 3 aliphatic rings. The van der Waals surface area contributed by atoms with Crippen LogP contribution in [0.3, 0.4) is 0 Å². The van der Waals surface area contributed by atoms with Crippen LogP contribution >= 0.6 is 0 Å². The van der Waals surface area contributed by atoms with Crippen molar-refractivity contribution in [3.05, 3.63) is 12.2 Å². The molecule has 3 fully saturated rings. The Balaban J connectivity index is 1.43. The van der Waals surface area contributed by atoms with Crippen LogP contribution in [0.2, 0.25) is 0 Å². The lowest BCUT2D eigenvalue weighted by molar-refractivity contribution is -0.140. The molecule has 8 nitrogen and oxygen atoms in total. The molecule has 6 unspecified atom stereocenters. The van der Waals surface area contributed by atoms with Crippen LogP contribution in [0.4, 0.5) is 0 Å². The van der Waals surface area contributed by atoms with Gasteiger partial charge < -0.3 is 14.8 Å². The zero-order valence-corrected chi connectivity index (χ0v) is 15.1. The van der Waals surface area contributed by atoms with Gasteiger partial charge in [0.15, 0.2) is 0 Å². The summed E-state index contributed by atoms with van der Waals surface area (Å²) >= 11 is 0. The quantitative estimate of drug-likeness (QED) is 0.289. The lowest BCUT2D eigenvalue weighted by Crippen LogP contribution is -2.42. The first-order valence-corrected chi connectivity index (χ1v) is 9.82. The molecule has 2 saturated carbocycles. The van der Waals surface area contributed by atoms with E-state index in [9.17, 15) is 18.0 Å². The minimum atomic E-state index is -3.52. The largest absolute Gasteiger partial charge is 0.460 e. The Morgan fingerprint density at radius 3 is 2.72 bits per heavy atom. The zero-order chi connectivity index (χ0) is 18.4. The van der Waals surface area contributed by atoms with E-state index in [1.807, 2.05) is 6.92 Å². The van der Waals surface area contributed by atoms with Gasteiger partial charge in [0, 0.05) is 11.5 Å². The number of amides is 1. The molecule has 0 aromatic heterocycles. The third kappa shape index (κ3) is 3.32. The van der Waals surface area contributed by atoms with E-state index in [0.717, 1.165) is 6.42 Å². The van der Waals surface area contributed by atoms with E-state index < -0.39 is 27.4 Å². The van der Waals surface area contributed by atoms with Gasteiger partial charge in [0.1, 0.15) is 19.3 Å². The van der Waals surface area contributed by atoms with Crippen molar-refractivity contribution in [2.75, 3.05) is 19.8 Å². The summed E-state index contributed by atoms with van der Waals surface area (Å²) in [7, 11) is -3.52. The normalized spacial score (nSPS) is 37.0. The van der Waals surface area contributed by atoms with Gasteiger partial charge in [0.05, 0.1) is 17.9 Å². The maximum absolute atomic E-state index is 12.0. The first-order chi connectivity index (χ1) is 11.7. The summed E-state index contributed by atoms with van der Waals surface area (Å²) < 4.78 is 39.9. The van der Waals surface area contributed by atoms with Gasteiger partial charge in [-0.3, -0.25) is 8.98 Å². The maximum atomic E-state index is 12.0. The van der Waals surface area contributed by atoms with Gasteiger partial charge in [-0.15, -0.1) is 0 Å². The van der Waals surface area contributed by atoms with E-state index in [1.54, 1.807) is 6.92 Å². The highest BCUT2D eigenvalue weighted by atomic mass is 32.2. The molecule has 2 aliphatic carbocycles. The molecule has 1 N–H and O–H groups in total. The lowest BCUT2D eigenvalue weighted by Gasteiger charge is -2.29. The van der Waals surface area contributed by atoms with E-state index in [1.165, 1.54) is 0 Å². The highest BCUT2D eigenvalue weighted by molar-refractivity contribution is 7.87. The molecule has 0 aromatic rings. The van der Waals surface area contributed by atoms with Crippen molar-refractivity contribution in [1.82, 2.24) is 5.32 Å². The van der Waals surface area contributed by atoms with Crippen LogP contribution in [0.5, 0.6) is 0 Å². The Kier molecular flexibility index (Phi) is 4.91. The molecule has 1 heterocycles. The molecule has 2 bridgehead atoms. The molecule has 6 atom stereocenters. The Morgan fingerprint density at radius 1 is 1.32 bits per heavy atom. The van der Waals surface area contributed by atoms with Crippen LogP contribution in [0.25, 0.3) is 0 Å². The molecule has 1 amide bonds. The predicted molar refractivity (Wildman–Crippen MR) is 86.9 cm³/mol. The van der Waals surface area contributed by atoms with Crippen molar-refractivity contribution in [2.24, 2.45) is 17.8 Å². The summed E-state index contributed by atoms with van der Waals surface area (Å²) in [5.74, 6) is -0.806. The smallest absolute Gasteiger partial charge is 0.333 e. The van der Waals surface area contributed by atoms with Crippen molar-refractivity contribution in [2.45, 2.75) is 37.7 Å². The molecular formula is C16H23NO7S. The number of rotatable bonds is 7. The average Bonchev–Trinajstić information content (AvgIpc) is 3.10. The number of carbonyl (C=O) groups is 2. The minimum absolute atomic E-state index is 0.0247. The topological polar surface area (TPSA) is 108 Å². The monoisotopic (exact) mass is 373 g/mol. The molecule has 0 aromatic carbocycles. The van der Waals surface area contributed by atoms with Gasteiger partial charge >= 0.3 is 5.97 Å². The Bertz CT molecular complexity index is 689. The van der Waals surface area contributed by atoms with Gasteiger partial charge in [0.25, 0.3) is 10.1 Å². The predicted octanol–water partition coefficient (Wildman–Crippen LogP) is -0.00990. The SMILES string of the molecule is C=C(C)C(=O)OCCNC(=O)COC1C2CC3C1OS(=O)(=O)C3C2C. The van der Waals surface area contributed by atoms with Crippen molar-refractivity contribution in [3.8, 4) is 0 Å². The first kappa shape index (κ1) is 18.3. The molecule has 3 rings (SSSR count). The fourth-order valence-electron chi connectivity index (χ4n) is 4.26. The zero-order valence-electron chi connectivity index (χ0n) is 14.3. The van der Waals surface area contributed by atoms with Gasteiger partial charge in [-0.2, -0.15) is 8.42 Å². The summed E-state index contributed by atoms with van der Waals surface area (Å²) in [4.78, 5) is 23.0. The summed E-state index contributed by atoms with van der Waals surface area (Å²) in [6.45, 7) is 6.95. The highest BCUT2D eigenvalue weighted by Gasteiger charge is 2.67. The third-order valence-corrected chi connectivity index (χ3v) is 7.25. The summed E-state index contributed by atoms with van der Waals surface area (Å²) in [6.07, 6.45) is -0.0835. The van der Waals surface area contributed by atoms with E-state index in [0.29, 0.717) is 5.57 Å². The second kappa shape index (κ2) is 6.69. The van der Waals surface area contributed by atoms with Crippen molar-refractivity contribution in [1.29, 1.82) is 0 Å². The van der Waals surface area contributed by atoms with Gasteiger partial charge in [-0.05, 0) is 25.2 Å². The molecule has 0 spiro atoms. The average molecular weight is 373 g/mol. The fourth-order valence-corrected chi connectivity index (χ4v) is 6.37. The van der Waals surface area contributed by atoms with Gasteiger partial charge in [0.2, 0.25) is 5.91 Å². The van der Waals surface area contributed by atoms with Gasteiger partial charge in [-0.25, -0.2) is 4.79 Å². The van der Waals surface area contributed by atoms with Crippen LogP contribution in [-0.4, -0.2) is 57.5 Å². The number of hydrogen-bond donors (Lipinski definition) is 1. The fraction of sp³-hybridized carbons (Fsp3) is 0.750. The summed E-state index contributed by atoms with van der Waals surface area (Å²) in [5.41, 5.74) is 0.296.